The van der Waals surface area contributed by atoms with Gasteiger partial charge in [0.2, 0.25) is 0 Å². The topological polar surface area (TPSA) is 52.3 Å². The summed E-state index contributed by atoms with van der Waals surface area (Å²) in [4.78, 5) is 11.3. The SMILES string of the molecule is CC(C)(C)OC(=O)[C@@H](N)CCCCl. The van der Waals surface area contributed by atoms with Crippen LogP contribution in [0.2, 0.25) is 0 Å². The molecule has 0 aliphatic heterocycles. The summed E-state index contributed by atoms with van der Waals surface area (Å²) in [6, 6.07) is -0.544. The molecule has 78 valence electrons. The fourth-order valence-corrected chi connectivity index (χ4v) is 0.947. The maximum absolute atomic E-state index is 11.3. The van der Waals surface area contributed by atoms with Crippen molar-refractivity contribution in [3.05, 3.63) is 0 Å². The Balaban J connectivity index is 3.83. The van der Waals surface area contributed by atoms with Gasteiger partial charge in [0, 0.05) is 5.88 Å². The molecule has 0 radical (unpaired) electrons. The van der Waals surface area contributed by atoms with Crippen LogP contribution >= 0.6 is 11.6 Å². The third-order valence-electron chi connectivity index (χ3n) is 1.36. The van der Waals surface area contributed by atoms with Gasteiger partial charge in [0.05, 0.1) is 0 Å². The predicted molar refractivity (Wildman–Crippen MR) is 53.8 cm³/mol. The Bertz CT molecular complexity index is 165. The molecule has 4 heteroatoms. The van der Waals surface area contributed by atoms with Crippen molar-refractivity contribution >= 4 is 17.6 Å². The molecule has 0 aromatic rings. The number of esters is 1. The first-order valence-electron chi connectivity index (χ1n) is 4.41. The lowest BCUT2D eigenvalue weighted by molar-refractivity contribution is -0.156. The number of nitrogens with two attached hydrogens (primary N) is 1. The van der Waals surface area contributed by atoms with Crippen LogP contribution in [0, 0.1) is 0 Å². The van der Waals surface area contributed by atoms with Gasteiger partial charge in [-0.15, -0.1) is 11.6 Å². The summed E-state index contributed by atoms with van der Waals surface area (Å²) in [7, 11) is 0. The van der Waals surface area contributed by atoms with E-state index in [-0.39, 0.29) is 5.97 Å². The fourth-order valence-electron chi connectivity index (χ4n) is 0.792. The molecule has 0 rings (SSSR count). The fraction of sp³-hybridized carbons (Fsp3) is 0.889. The molecule has 0 unspecified atom stereocenters. The van der Waals surface area contributed by atoms with E-state index < -0.39 is 11.6 Å². The zero-order chi connectivity index (χ0) is 10.5. The molecular weight excluding hydrogens is 190 g/mol. The average molecular weight is 208 g/mol. The number of ether oxygens (including phenoxy) is 1. The summed E-state index contributed by atoms with van der Waals surface area (Å²) in [6.07, 6.45) is 1.32. The molecule has 2 N–H and O–H groups in total. The van der Waals surface area contributed by atoms with Crippen LogP contribution in [0.5, 0.6) is 0 Å². The Hall–Kier alpha value is -0.280. The van der Waals surface area contributed by atoms with E-state index in [0.29, 0.717) is 12.3 Å². The van der Waals surface area contributed by atoms with Crippen molar-refractivity contribution in [3.8, 4) is 0 Å². The maximum atomic E-state index is 11.3. The molecule has 0 aliphatic carbocycles. The molecule has 0 amide bonds. The van der Waals surface area contributed by atoms with E-state index in [0.717, 1.165) is 6.42 Å². The minimum atomic E-state index is -0.544. The lowest BCUT2D eigenvalue weighted by Gasteiger charge is -2.21. The highest BCUT2D eigenvalue weighted by Gasteiger charge is 2.21. The minimum Gasteiger partial charge on any atom is -0.459 e. The number of rotatable bonds is 4. The van der Waals surface area contributed by atoms with Crippen molar-refractivity contribution in [2.75, 3.05) is 5.88 Å². The van der Waals surface area contributed by atoms with Crippen LogP contribution in [0.4, 0.5) is 0 Å². The molecule has 0 aromatic heterocycles. The molecular formula is C9H18ClNO2. The number of hydrogen-bond donors (Lipinski definition) is 1. The van der Waals surface area contributed by atoms with Crippen LogP contribution in [0.15, 0.2) is 0 Å². The normalized spacial score (nSPS) is 13.9. The van der Waals surface area contributed by atoms with Gasteiger partial charge in [-0.3, -0.25) is 4.79 Å². The second-order valence-electron chi connectivity index (χ2n) is 3.97. The number of halogens is 1. The molecule has 0 spiro atoms. The van der Waals surface area contributed by atoms with E-state index in [1.165, 1.54) is 0 Å². The van der Waals surface area contributed by atoms with Gasteiger partial charge in [-0.05, 0) is 33.6 Å². The van der Waals surface area contributed by atoms with E-state index in [1.807, 2.05) is 20.8 Å². The first kappa shape index (κ1) is 12.7. The molecule has 0 aromatic carbocycles. The minimum absolute atomic E-state index is 0.349. The van der Waals surface area contributed by atoms with Gasteiger partial charge in [0.1, 0.15) is 11.6 Å². The van der Waals surface area contributed by atoms with Crippen molar-refractivity contribution in [3.63, 3.8) is 0 Å². The molecule has 0 saturated heterocycles. The highest BCUT2D eigenvalue weighted by atomic mass is 35.5. The van der Waals surface area contributed by atoms with Crippen molar-refractivity contribution < 1.29 is 9.53 Å². The van der Waals surface area contributed by atoms with E-state index in [2.05, 4.69) is 0 Å². The van der Waals surface area contributed by atoms with Crippen LogP contribution in [0.3, 0.4) is 0 Å². The largest absolute Gasteiger partial charge is 0.459 e. The van der Waals surface area contributed by atoms with Gasteiger partial charge in [0.15, 0.2) is 0 Å². The van der Waals surface area contributed by atoms with Crippen LogP contribution in [0.25, 0.3) is 0 Å². The summed E-state index contributed by atoms with van der Waals surface area (Å²) in [5.74, 6) is 0.175. The van der Waals surface area contributed by atoms with Crippen molar-refractivity contribution in [2.24, 2.45) is 5.73 Å². The number of alkyl halides is 1. The highest BCUT2D eigenvalue weighted by molar-refractivity contribution is 6.17. The maximum Gasteiger partial charge on any atom is 0.323 e. The zero-order valence-electron chi connectivity index (χ0n) is 8.47. The van der Waals surface area contributed by atoms with Gasteiger partial charge >= 0.3 is 5.97 Å². The van der Waals surface area contributed by atoms with E-state index in [9.17, 15) is 4.79 Å². The lowest BCUT2D eigenvalue weighted by Crippen LogP contribution is -2.37. The number of hydrogen-bond acceptors (Lipinski definition) is 3. The van der Waals surface area contributed by atoms with Gasteiger partial charge < -0.3 is 10.5 Å². The Morgan fingerprint density at radius 3 is 2.46 bits per heavy atom. The van der Waals surface area contributed by atoms with Crippen LogP contribution in [-0.4, -0.2) is 23.5 Å². The Kier molecular flexibility index (Phi) is 5.33. The van der Waals surface area contributed by atoms with Crippen LogP contribution < -0.4 is 5.73 Å². The first-order valence-corrected chi connectivity index (χ1v) is 4.94. The quantitative estimate of drug-likeness (QED) is 0.564. The van der Waals surface area contributed by atoms with Crippen molar-refractivity contribution in [1.82, 2.24) is 0 Å². The number of carbonyl (C=O) groups excluding carboxylic acids is 1. The third-order valence-corrected chi connectivity index (χ3v) is 1.63. The smallest absolute Gasteiger partial charge is 0.323 e. The average Bonchev–Trinajstić information content (AvgIpc) is 1.96. The van der Waals surface area contributed by atoms with E-state index in [1.54, 1.807) is 0 Å². The Labute approximate surface area is 84.6 Å². The molecule has 0 saturated carbocycles. The molecule has 0 fully saturated rings. The van der Waals surface area contributed by atoms with Crippen LogP contribution in [-0.2, 0) is 9.53 Å². The van der Waals surface area contributed by atoms with Gasteiger partial charge in [-0.2, -0.15) is 0 Å². The summed E-state index contributed by atoms with van der Waals surface area (Å²) in [5, 5.41) is 0. The summed E-state index contributed by atoms with van der Waals surface area (Å²) in [6.45, 7) is 5.46. The second-order valence-corrected chi connectivity index (χ2v) is 4.35. The Morgan fingerprint density at radius 2 is 2.08 bits per heavy atom. The molecule has 0 bridgehead atoms. The van der Waals surface area contributed by atoms with Crippen molar-refractivity contribution in [2.45, 2.75) is 45.3 Å². The monoisotopic (exact) mass is 207 g/mol. The molecule has 13 heavy (non-hydrogen) atoms. The molecule has 3 nitrogen and oxygen atoms in total. The standard InChI is InChI=1S/C9H18ClNO2/c1-9(2,3)13-8(12)7(11)5-4-6-10/h7H,4-6,11H2,1-3H3/t7-/m0/s1. The van der Waals surface area contributed by atoms with E-state index >= 15 is 0 Å². The zero-order valence-corrected chi connectivity index (χ0v) is 9.23. The molecule has 0 heterocycles. The molecule has 0 aliphatic rings. The van der Waals surface area contributed by atoms with Gasteiger partial charge in [0.25, 0.3) is 0 Å². The van der Waals surface area contributed by atoms with Crippen molar-refractivity contribution in [1.29, 1.82) is 0 Å². The molecule has 1 atom stereocenters. The third kappa shape index (κ3) is 6.84. The first-order chi connectivity index (χ1) is 5.87. The summed E-state index contributed by atoms with van der Waals surface area (Å²) >= 11 is 5.48. The number of carbonyl (C=O) groups is 1. The van der Waals surface area contributed by atoms with Crippen LogP contribution in [0.1, 0.15) is 33.6 Å². The highest BCUT2D eigenvalue weighted by Crippen LogP contribution is 2.09. The van der Waals surface area contributed by atoms with Gasteiger partial charge in [-0.25, -0.2) is 0 Å². The van der Waals surface area contributed by atoms with E-state index in [4.69, 9.17) is 22.1 Å². The predicted octanol–water partition coefficient (Wildman–Crippen LogP) is 1.67. The summed E-state index contributed by atoms with van der Waals surface area (Å²) in [5.41, 5.74) is 5.11. The van der Waals surface area contributed by atoms with Gasteiger partial charge in [-0.1, -0.05) is 0 Å². The second kappa shape index (κ2) is 5.45. The summed E-state index contributed by atoms with van der Waals surface area (Å²) < 4.78 is 5.09. The Morgan fingerprint density at radius 1 is 1.54 bits per heavy atom. The lowest BCUT2D eigenvalue weighted by atomic mass is 10.1.